The molecule has 2 saturated heterocycles. The van der Waals surface area contributed by atoms with E-state index in [1.165, 1.54) is 0 Å². The number of anilines is 1. The van der Waals surface area contributed by atoms with E-state index in [0.717, 1.165) is 18.5 Å². The topological polar surface area (TPSA) is 53.1 Å². The highest BCUT2D eigenvalue weighted by Crippen LogP contribution is 2.18. The molecule has 0 spiro atoms. The Labute approximate surface area is 143 Å². The maximum absolute atomic E-state index is 12.6. The second-order valence-electron chi connectivity index (χ2n) is 6.56. The number of hydrogen-bond donors (Lipinski definition) is 0. The summed E-state index contributed by atoms with van der Waals surface area (Å²) in [6.45, 7) is 3.00. The van der Waals surface area contributed by atoms with Gasteiger partial charge in [-0.2, -0.15) is 0 Å². The standard InChI is InChI=1S/C18H25N3O3/c1-19(2)15-7-5-14(6-8-15)17(22)20-9-11-21(12-10-20)18(23)16-4-3-13-24-16/h5-8,16H,3-4,9-13H2,1-2H3/t16-/m1/s1. The van der Waals surface area contributed by atoms with Gasteiger partial charge in [-0.1, -0.05) is 0 Å². The summed E-state index contributed by atoms with van der Waals surface area (Å²) in [5, 5.41) is 0. The third-order valence-electron chi connectivity index (χ3n) is 4.71. The van der Waals surface area contributed by atoms with Gasteiger partial charge in [-0.3, -0.25) is 9.59 Å². The summed E-state index contributed by atoms with van der Waals surface area (Å²) in [6, 6.07) is 7.62. The van der Waals surface area contributed by atoms with Crippen molar-refractivity contribution < 1.29 is 14.3 Å². The minimum atomic E-state index is -0.272. The highest BCUT2D eigenvalue weighted by molar-refractivity contribution is 5.94. The predicted molar refractivity (Wildman–Crippen MR) is 92.2 cm³/mol. The van der Waals surface area contributed by atoms with Crippen LogP contribution in [0.4, 0.5) is 5.69 Å². The normalized spacial score (nSPS) is 21.0. The maximum atomic E-state index is 12.6. The number of ether oxygens (including phenoxy) is 1. The summed E-state index contributed by atoms with van der Waals surface area (Å²) in [5.41, 5.74) is 1.76. The molecule has 2 fully saturated rings. The van der Waals surface area contributed by atoms with Crippen LogP contribution < -0.4 is 4.90 Å². The molecule has 0 saturated carbocycles. The summed E-state index contributed by atoms with van der Waals surface area (Å²) in [5.74, 6) is 0.111. The Morgan fingerprint density at radius 3 is 2.21 bits per heavy atom. The minimum Gasteiger partial charge on any atom is -0.378 e. The van der Waals surface area contributed by atoms with Crippen molar-refractivity contribution >= 4 is 17.5 Å². The van der Waals surface area contributed by atoms with Crippen molar-refractivity contribution in [2.75, 3.05) is 51.8 Å². The fraction of sp³-hybridized carbons (Fsp3) is 0.556. The summed E-state index contributed by atoms with van der Waals surface area (Å²) in [4.78, 5) is 30.6. The van der Waals surface area contributed by atoms with Crippen LogP contribution in [0.25, 0.3) is 0 Å². The van der Waals surface area contributed by atoms with E-state index in [0.29, 0.717) is 38.3 Å². The van der Waals surface area contributed by atoms with E-state index in [4.69, 9.17) is 4.74 Å². The largest absolute Gasteiger partial charge is 0.378 e. The molecule has 0 bridgehead atoms. The molecule has 2 aliphatic heterocycles. The smallest absolute Gasteiger partial charge is 0.253 e. The molecule has 0 aromatic heterocycles. The SMILES string of the molecule is CN(C)c1ccc(C(=O)N2CCN(C(=O)[C@H]3CCCO3)CC2)cc1. The molecule has 1 aromatic carbocycles. The first-order valence-electron chi connectivity index (χ1n) is 8.53. The van der Waals surface area contributed by atoms with E-state index in [2.05, 4.69) is 0 Å². The van der Waals surface area contributed by atoms with Crippen LogP contribution in [-0.4, -0.2) is 74.6 Å². The lowest BCUT2D eigenvalue weighted by molar-refractivity contribution is -0.142. The molecule has 2 amide bonds. The molecule has 1 atom stereocenters. The number of carbonyl (C=O) groups is 2. The van der Waals surface area contributed by atoms with Crippen molar-refractivity contribution in [1.82, 2.24) is 9.80 Å². The molecule has 130 valence electrons. The van der Waals surface area contributed by atoms with Gasteiger partial charge in [-0.05, 0) is 37.1 Å². The van der Waals surface area contributed by atoms with Gasteiger partial charge in [0.15, 0.2) is 0 Å². The maximum Gasteiger partial charge on any atom is 0.253 e. The van der Waals surface area contributed by atoms with Crippen molar-refractivity contribution in [1.29, 1.82) is 0 Å². The predicted octanol–water partition coefficient (Wildman–Crippen LogP) is 1.22. The molecule has 3 rings (SSSR count). The zero-order valence-corrected chi connectivity index (χ0v) is 14.4. The van der Waals surface area contributed by atoms with E-state index < -0.39 is 0 Å². The van der Waals surface area contributed by atoms with Gasteiger partial charge in [0.2, 0.25) is 0 Å². The third-order valence-corrected chi connectivity index (χ3v) is 4.71. The molecule has 1 aromatic rings. The molecule has 0 radical (unpaired) electrons. The zero-order chi connectivity index (χ0) is 17.1. The van der Waals surface area contributed by atoms with Gasteiger partial charge >= 0.3 is 0 Å². The lowest BCUT2D eigenvalue weighted by atomic mass is 10.1. The fourth-order valence-corrected chi connectivity index (χ4v) is 3.19. The molecule has 2 heterocycles. The molecular formula is C18H25N3O3. The lowest BCUT2D eigenvalue weighted by Gasteiger charge is -2.35. The summed E-state index contributed by atoms with van der Waals surface area (Å²) < 4.78 is 5.47. The number of piperazine rings is 1. The van der Waals surface area contributed by atoms with Gasteiger partial charge in [-0.25, -0.2) is 0 Å². The van der Waals surface area contributed by atoms with E-state index >= 15 is 0 Å². The molecule has 0 unspecified atom stereocenters. The Balaban J connectivity index is 1.55. The first-order chi connectivity index (χ1) is 11.6. The van der Waals surface area contributed by atoms with Gasteiger partial charge in [0.1, 0.15) is 6.10 Å². The van der Waals surface area contributed by atoms with Crippen molar-refractivity contribution in [3.05, 3.63) is 29.8 Å². The Morgan fingerprint density at radius 2 is 1.67 bits per heavy atom. The van der Waals surface area contributed by atoms with E-state index in [1.54, 1.807) is 0 Å². The quantitative estimate of drug-likeness (QED) is 0.836. The Kier molecular flexibility index (Phi) is 5.04. The molecule has 6 heteroatoms. The van der Waals surface area contributed by atoms with Crippen LogP contribution in [0.1, 0.15) is 23.2 Å². The van der Waals surface area contributed by atoms with Crippen LogP contribution in [0.5, 0.6) is 0 Å². The van der Waals surface area contributed by atoms with Crippen molar-refractivity contribution in [3.63, 3.8) is 0 Å². The fourth-order valence-electron chi connectivity index (χ4n) is 3.19. The van der Waals surface area contributed by atoms with Crippen molar-refractivity contribution in [3.8, 4) is 0 Å². The van der Waals surface area contributed by atoms with Gasteiger partial charge < -0.3 is 19.4 Å². The van der Waals surface area contributed by atoms with Gasteiger partial charge in [0.05, 0.1) is 0 Å². The number of hydrogen-bond acceptors (Lipinski definition) is 4. The Morgan fingerprint density at radius 1 is 1.04 bits per heavy atom. The van der Waals surface area contributed by atoms with Crippen LogP contribution in [0.15, 0.2) is 24.3 Å². The number of rotatable bonds is 3. The van der Waals surface area contributed by atoms with Gasteiger partial charge in [0.25, 0.3) is 11.8 Å². The average molecular weight is 331 g/mol. The summed E-state index contributed by atoms with van der Waals surface area (Å²) in [7, 11) is 3.95. The Bertz CT molecular complexity index is 586. The number of nitrogens with zero attached hydrogens (tertiary/aromatic N) is 3. The second kappa shape index (κ2) is 7.21. The van der Waals surface area contributed by atoms with Crippen LogP contribution in [-0.2, 0) is 9.53 Å². The van der Waals surface area contributed by atoms with Gasteiger partial charge in [0, 0.05) is 58.1 Å². The molecule has 0 aliphatic carbocycles. The molecule has 0 N–H and O–H groups in total. The van der Waals surface area contributed by atoms with E-state index in [1.807, 2.05) is 53.1 Å². The van der Waals surface area contributed by atoms with Crippen molar-refractivity contribution in [2.24, 2.45) is 0 Å². The first-order valence-corrected chi connectivity index (χ1v) is 8.53. The third kappa shape index (κ3) is 3.53. The van der Waals surface area contributed by atoms with Crippen LogP contribution in [0.2, 0.25) is 0 Å². The second-order valence-corrected chi connectivity index (χ2v) is 6.56. The van der Waals surface area contributed by atoms with E-state index in [-0.39, 0.29) is 17.9 Å². The monoisotopic (exact) mass is 331 g/mol. The van der Waals surface area contributed by atoms with Crippen LogP contribution in [0, 0.1) is 0 Å². The van der Waals surface area contributed by atoms with Gasteiger partial charge in [-0.15, -0.1) is 0 Å². The molecule has 2 aliphatic rings. The minimum absolute atomic E-state index is 0.0320. The average Bonchev–Trinajstić information content (AvgIpc) is 3.15. The first kappa shape index (κ1) is 16.8. The molecule has 6 nitrogen and oxygen atoms in total. The summed E-state index contributed by atoms with van der Waals surface area (Å²) >= 11 is 0. The highest BCUT2D eigenvalue weighted by Gasteiger charge is 2.31. The Hall–Kier alpha value is -2.08. The number of carbonyl (C=O) groups excluding carboxylic acids is 2. The van der Waals surface area contributed by atoms with E-state index in [9.17, 15) is 9.59 Å². The highest BCUT2D eigenvalue weighted by atomic mass is 16.5. The number of benzene rings is 1. The lowest BCUT2D eigenvalue weighted by Crippen LogP contribution is -2.52. The van der Waals surface area contributed by atoms with Crippen LogP contribution in [0.3, 0.4) is 0 Å². The number of amides is 2. The summed E-state index contributed by atoms with van der Waals surface area (Å²) in [6.07, 6.45) is 1.50. The zero-order valence-electron chi connectivity index (χ0n) is 14.4. The van der Waals surface area contributed by atoms with Crippen molar-refractivity contribution in [2.45, 2.75) is 18.9 Å². The molecule has 24 heavy (non-hydrogen) atoms. The van der Waals surface area contributed by atoms with Crippen LogP contribution >= 0.6 is 0 Å². The molecular weight excluding hydrogens is 306 g/mol.